The Labute approximate surface area is 93.4 Å². The summed E-state index contributed by atoms with van der Waals surface area (Å²) in [7, 11) is 0. The van der Waals surface area contributed by atoms with E-state index in [-0.39, 0.29) is 5.13 Å². The van der Waals surface area contributed by atoms with Gasteiger partial charge in [0.15, 0.2) is 5.17 Å². The number of nitrogens with zero attached hydrogens (tertiary/aromatic N) is 5. The van der Waals surface area contributed by atoms with Crippen LogP contribution in [0.4, 0.5) is 10.3 Å². The van der Waals surface area contributed by atoms with Gasteiger partial charge in [-0.1, -0.05) is 11.8 Å². The SMILES string of the molecule is CSC1=NCCN1c1nnc([N+](=O)[O-])s1. The average Bonchev–Trinajstić information content (AvgIpc) is 2.85. The lowest BCUT2D eigenvalue weighted by molar-refractivity contribution is -0.385. The molecule has 0 fully saturated rings. The van der Waals surface area contributed by atoms with Crippen LogP contribution in [-0.2, 0) is 0 Å². The van der Waals surface area contributed by atoms with Gasteiger partial charge < -0.3 is 10.1 Å². The van der Waals surface area contributed by atoms with Crippen molar-refractivity contribution in [3.05, 3.63) is 10.1 Å². The third kappa shape index (κ3) is 1.92. The number of thioether (sulfide) groups is 1. The Balaban J connectivity index is 2.23. The summed E-state index contributed by atoms with van der Waals surface area (Å²) in [5.74, 6) is 0. The molecule has 0 aliphatic carbocycles. The first-order chi connectivity index (χ1) is 7.22. The summed E-state index contributed by atoms with van der Waals surface area (Å²) in [6.07, 6.45) is 1.91. The number of nitro groups is 1. The van der Waals surface area contributed by atoms with Gasteiger partial charge in [0.2, 0.25) is 5.13 Å². The predicted molar refractivity (Wildman–Crippen MR) is 59.7 cm³/mol. The molecule has 2 heterocycles. The van der Waals surface area contributed by atoms with E-state index in [2.05, 4.69) is 15.2 Å². The number of rotatable bonds is 2. The highest BCUT2D eigenvalue weighted by Crippen LogP contribution is 2.28. The zero-order valence-electron chi connectivity index (χ0n) is 7.78. The predicted octanol–water partition coefficient (Wildman–Crippen LogP) is 0.985. The van der Waals surface area contributed by atoms with Crippen molar-refractivity contribution >= 4 is 38.5 Å². The molecule has 0 bridgehead atoms. The molecule has 0 radical (unpaired) electrons. The maximum atomic E-state index is 10.4. The lowest BCUT2D eigenvalue weighted by atomic mass is 10.6. The Morgan fingerprint density at radius 2 is 2.40 bits per heavy atom. The van der Waals surface area contributed by atoms with E-state index in [0.29, 0.717) is 18.2 Å². The van der Waals surface area contributed by atoms with Crippen molar-refractivity contribution in [2.75, 3.05) is 24.2 Å². The van der Waals surface area contributed by atoms with Gasteiger partial charge in [-0.2, -0.15) is 0 Å². The minimum Gasteiger partial charge on any atom is -0.357 e. The molecule has 0 atom stereocenters. The van der Waals surface area contributed by atoms with Crippen molar-refractivity contribution < 1.29 is 4.92 Å². The second-order valence-electron chi connectivity index (χ2n) is 2.64. The Bertz CT molecular complexity index is 417. The molecule has 0 saturated carbocycles. The van der Waals surface area contributed by atoms with Crippen molar-refractivity contribution in [2.24, 2.45) is 4.99 Å². The topological polar surface area (TPSA) is 84.5 Å². The van der Waals surface area contributed by atoms with Crippen LogP contribution in [-0.4, -0.2) is 39.6 Å². The summed E-state index contributed by atoms with van der Waals surface area (Å²) < 4.78 is 0. The van der Waals surface area contributed by atoms with E-state index < -0.39 is 4.92 Å². The van der Waals surface area contributed by atoms with Gasteiger partial charge in [-0.15, -0.1) is 0 Å². The van der Waals surface area contributed by atoms with Gasteiger partial charge in [-0.05, 0) is 16.3 Å². The van der Waals surface area contributed by atoms with Gasteiger partial charge in [0.05, 0.1) is 11.6 Å². The molecule has 1 aromatic heterocycles. The highest BCUT2D eigenvalue weighted by Gasteiger charge is 2.25. The molecule has 1 aliphatic rings. The van der Waals surface area contributed by atoms with E-state index in [0.717, 1.165) is 16.5 Å². The van der Waals surface area contributed by atoms with E-state index in [1.807, 2.05) is 11.2 Å². The molecule has 2 rings (SSSR count). The maximum Gasteiger partial charge on any atom is 0.452 e. The molecular weight excluding hydrogens is 238 g/mol. The van der Waals surface area contributed by atoms with Crippen molar-refractivity contribution in [3.63, 3.8) is 0 Å². The molecule has 9 heteroatoms. The molecule has 1 aromatic rings. The monoisotopic (exact) mass is 245 g/mol. The first kappa shape index (κ1) is 10.3. The molecule has 0 amide bonds. The molecular formula is C6H7N5O2S2. The van der Waals surface area contributed by atoms with Crippen LogP contribution in [0.3, 0.4) is 0 Å². The fraction of sp³-hybridized carbons (Fsp3) is 0.500. The Morgan fingerprint density at radius 3 is 3.00 bits per heavy atom. The summed E-state index contributed by atoms with van der Waals surface area (Å²) in [5, 5.41) is 18.9. The normalized spacial score (nSPS) is 15.5. The average molecular weight is 245 g/mol. The zero-order valence-corrected chi connectivity index (χ0v) is 9.42. The van der Waals surface area contributed by atoms with E-state index in [4.69, 9.17) is 0 Å². The molecule has 0 spiro atoms. The first-order valence-corrected chi connectivity index (χ1v) is 6.10. The maximum absolute atomic E-state index is 10.4. The first-order valence-electron chi connectivity index (χ1n) is 4.06. The highest BCUT2D eigenvalue weighted by atomic mass is 32.2. The van der Waals surface area contributed by atoms with Crippen molar-refractivity contribution in [1.82, 2.24) is 10.2 Å². The van der Waals surface area contributed by atoms with Gasteiger partial charge in [0.1, 0.15) is 0 Å². The Kier molecular flexibility index (Phi) is 2.82. The summed E-state index contributed by atoms with van der Waals surface area (Å²) in [4.78, 5) is 16.0. The van der Waals surface area contributed by atoms with Crippen molar-refractivity contribution in [3.8, 4) is 0 Å². The van der Waals surface area contributed by atoms with Gasteiger partial charge >= 0.3 is 5.13 Å². The van der Waals surface area contributed by atoms with Crippen LogP contribution >= 0.6 is 23.1 Å². The van der Waals surface area contributed by atoms with E-state index in [1.54, 1.807) is 0 Å². The van der Waals surface area contributed by atoms with Gasteiger partial charge in [0.25, 0.3) is 0 Å². The molecule has 0 aromatic carbocycles. The van der Waals surface area contributed by atoms with Crippen LogP contribution in [0.15, 0.2) is 4.99 Å². The Morgan fingerprint density at radius 1 is 1.60 bits per heavy atom. The number of aromatic nitrogens is 2. The van der Waals surface area contributed by atoms with Crippen molar-refractivity contribution in [2.45, 2.75) is 0 Å². The van der Waals surface area contributed by atoms with Crippen LogP contribution in [0.25, 0.3) is 0 Å². The lowest BCUT2D eigenvalue weighted by Crippen LogP contribution is -2.24. The van der Waals surface area contributed by atoms with Crippen LogP contribution < -0.4 is 4.90 Å². The van der Waals surface area contributed by atoms with E-state index >= 15 is 0 Å². The van der Waals surface area contributed by atoms with Crippen LogP contribution in [0.2, 0.25) is 0 Å². The number of amidine groups is 1. The summed E-state index contributed by atoms with van der Waals surface area (Å²) in [6, 6.07) is 0. The number of hydrogen-bond donors (Lipinski definition) is 0. The molecule has 1 aliphatic heterocycles. The molecule has 0 saturated heterocycles. The summed E-state index contributed by atoms with van der Waals surface area (Å²) in [5.41, 5.74) is 0. The Hall–Kier alpha value is -1.22. The molecule has 7 nitrogen and oxygen atoms in total. The number of anilines is 1. The largest absolute Gasteiger partial charge is 0.452 e. The summed E-state index contributed by atoms with van der Waals surface area (Å²) >= 11 is 2.47. The fourth-order valence-corrected chi connectivity index (χ4v) is 2.54. The summed E-state index contributed by atoms with van der Waals surface area (Å²) in [6.45, 7) is 1.41. The third-order valence-corrected chi connectivity index (χ3v) is 3.39. The number of hydrogen-bond acceptors (Lipinski definition) is 8. The van der Waals surface area contributed by atoms with Crippen molar-refractivity contribution in [1.29, 1.82) is 0 Å². The van der Waals surface area contributed by atoms with Crippen LogP contribution in [0.5, 0.6) is 0 Å². The lowest BCUT2D eigenvalue weighted by Gasteiger charge is -2.12. The molecule has 0 unspecified atom stereocenters. The number of aliphatic imine (C=N–C) groups is 1. The van der Waals surface area contributed by atoms with E-state index in [9.17, 15) is 10.1 Å². The standard InChI is InChI=1S/C6H7N5O2S2/c1-14-4-7-2-3-10(4)5-8-9-6(15-5)11(12)13/h2-3H2,1H3. The van der Waals surface area contributed by atoms with Gasteiger partial charge in [-0.3, -0.25) is 9.89 Å². The molecule has 80 valence electrons. The quantitative estimate of drug-likeness (QED) is 0.570. The van der Waals surface area contributed by atoms with Crippen LogP contribution in [0.1, 0.15) is 0 Å². The molecule has 15 heavy (non-hydrogen) atoms. The fourth-order valence-electron chi connectivity index (χ4n) is 1.17. The second-order valence-corrected chi connectivity index (χ2v) is 4.35. The van der Waals surface area contributed by atoms with Gasteiger partial charge in [0, 0.05) is 17.9 Å². The third-order valence-electron chi connectivity index (χ3n) is 1.77. The minimum atomic E-state index is -0.535. The zero-order chi connectivity index (χ0) is 10.8. The minimum absolute atomic E-state index is 0.183. The second kappa shape index (κ2) is 4.11. The van der Waals surface area contributed by atoms with Crippen LogP contribution in [0, 0.1) is 10.1 Å². The molecule has 0 N–H and O–H groups in total. The highest BCUT2D eigenvalue weighted by molar-refractivity contribution is 8.13. The van der Waals surface area contributed by atoms with E-state index in [1.165, 1.54) is 11.8 Å². The van der Waals surface area contributed by atoms with Gasteiger partial charge in [-0.25, -0.2) is 0 Å². The smallest absolute Gasteiger partial charge is 0.357 e.